The topological polar surface area (TPSA) is 96.7 Å². The molecule has 4 aromatic rings. The number of allylic oxidation sites excluding steroid dienone is 2. The van der Waals surface area contributed by atoms with Crippen molar-refractivity contribution >= 4 is 17.0 Å². The van der Waals surface area contributed by atoms with Gasteiger partial charge in [0.05, 0.1) is 13.2 Å². The molecule has 158 valence electrons. The van der Waals surface area contributed by atoms with E-state index in [1.807, 2.05) is 17.7 Å². The third-order valence-electron chi connectivity index (χ3n) is 5.40. The molecule has 0 aliphatic carbocycles. The van der Waals surface area contributed by atoms with Crippen LogP contribution in [0.15, 0.2) is 48.8 Å². The lowest BCUT2D eigenvalue weighted by Gasteiger charge is -2.11. The van der Waals surface area contributed by atoms with Crippen molar-refractivity contribution in [3.63, 3.8) is 0 Å². The van der Waals surface area contributed by atoms with Gasteiger partial charge in [-0.15, -0.1) is 0 Å². The first kappa shape index (κ1) is 19.3. The van der Waals surface area contributed by atoms with Crippen LogP contribution in [0.1, 0.15) is 30.9 Å². The molecule has 0 fully saturated rings. The molecule has 0 saturated carbocycles. The molecular formula is C23H25N7O. The molecular weight excluding hydrogens is 390 g/mol. The Bertz CT molecular complexity index is 1250. The summed E-state index contributed by atoms with van der Waals surface area (Å²) >= 11 is 0. The van der Waals surface area contributed by atoms with Gasteiger partial charge in [-0.25, -0.2) is 15.0 Å². The summed E-state index contributed by atoms with van der Waals surface area (Å²) in [6, 6.07) is 9.06. The molecule has 0 amide bonds. The van der Waals surface area contributed by atoms with Gasteiger partial charge in [0.1, 0.15) is 0 Å². The van der Waals surface area contributed by atoms with E-state index in [4.69, 9.17) is 15.5 Å². The molecule has 4 heterocycles. The summed E-state index contributed by atoms with van der Waals surface area (Å²) in [5.41, 5.74) is 9.93. The summed E-state index contributed by atoms with van der Waals surface area (Å²) in [6.45, 7) is 3.85. The fourth-order valence-electron chi connectivity index (χ4n) is 3.93. The normalized spacial score (nSPS) is 15.1. The molecule has 0 unspecified atom stereocenters. The standard InChI is InChI=1S/C23H25N7O/c1-2-31-23-26-18-19(24)27-20-22-25-11-13-29(22)12-6-4-3-5-8-16-9-7-10-17(14-16)15-30(23)21(18)28-20/h3,5,7,9-11,13-14H,2,4,6,8,12,15H2,1H3,(H2,24,27,28)/b5-3+. The van der Waals surface area contributed by atoms with Crippen LogP contribution in [0.3, 0.4) is 0 Å². The van der Waals surface area contributed by atoms with Crippen molar-refractivity contribution in [1.82, 2.24) is 29.1 Å². The van der Waals surface area contributed by atoms with Crippen LogP contribution in [0.5, 0.6) is 6.01 Å². The van der Waals surface area contributed by atoms with Crippen LogP contribution in [-0.4, -0.2) is 35.7 Å². The maximum atomic E-state index is 6.31. The Morgan fingerprint density at radius 2 is 2.03 bits per heavy atom. The Morgan fingerprint density at radius 1 is 1.13 bits per heavy atom. The smallest absolute Gasteiger partial charge is 0.299 e. The van der Waals surface area contributed by atoms with Gasteiger partial charge in [-0.3, -0.25) is 4.57 Å². The van der Waals surface area contributed by atoms with Crippen molar-refractivity contribution in [3.8, 4) is 17.7 Å². The monoisotopic (exact) mass is 415 g/mol. The van der Waals surface area contributed by atoms with E-state index < -0.39 is 0 Å². The Hall–Kier alpha value is -3.68. The van der Waals surface area contributed by atoms with Crippen molar-refractivity contribution < 1.29 is 4.74 Å². The maximum absolute atomic E-state index is 6.31. The number of ether oxygens (including phenoxy) is 1. The van der Waals surface area contributed by atoms with Crippen molar-refractivity contribution in [3.05, 3.63) is 59.9 Å². The van der Waals surface area contributed by atoms with Gasteiger partial charge in [0.2, 0.25) is 0 Å². The molecule has 1 aromatic carbocycles. The molecule has 8 heteroatoms. The van der Waals surface area contributed by atoms with Gasteiger partial charge in [-0.1, -0.05) is 36.4 Å². The van der Waals surface area contributed by atoms with Crippen molar-refractivity contribution in [2.24, 2.45) is 0 Å². The fourth-order valence-corrected chi connectivity index (χ4v) is 3.93. The zero-order valence-electron chi connectivity index (χ0n) is 17.5. The number of nitrogens with zero attached hydrogens (tertiary/aromatic N) is 6. The fraction of sp³-hybridized carbons (Fsp3) is 0.304. The number of imidazole rings is 2. The summed E-state index contributed by atoms with van der Waals surface area (Å²) < 4.78 is 9.87. The molecule has 0 radical (unpaired) electrons. The Labute approximate surface area is 180 Å². The second-order valence-corrected chi connectivity index (χ2v) is 7.60. The first-order chi connectivity index (χ1) is 15.2. The lowest BCUT2D eigenvalue weighted by molar-refractivity contribution is 0.301. The molecule has 2 N–H and O–H groups in total. The molecule has 5 rings (SSSR count). The number of fused-ring (bicyclic) bond motifs is 5. The molecule has 4 bridgehead atoms. The minimum atomic E-state index is 0.326. The molecule has 1 aliphatic heterocycles. The third-order valence-corrected chi connectivity index (χ3v) is 5.40. The molecule has 8 nitrogen and oxygen atoms in total. The quantitative estimate of drug-likeness (QED) is 0.502. The highest BCUT2D eigenvalue weighted by atomic mass is 16.5. The van der Waals surface area contributed by atoms with E-state index in [-0.39, 0.29) is 0 Å². The SMILES string of the molecule is CCOc1nc2c(N)nc3nc2n1Cc1cccc(c1)C/C=C/CCCn1ccnc1-3. The van der Waals surface area contributed by atoms with E-state index in [9.17, 15) is 0 Å². The summed E-state index contributed by atoms with van der Waals surface area (Å²) in [5, 5.41) is 0. The Kier molecular flexibility index (Phi) is 5.11. The molecule has 0 atom stereocenters. The summed E-state index contributed by atoms with van der Waals surface area (Å²) in [4.78, 5) is 18.5. The van der Waals surface area contributed by atoms with Crippen LogP contribution in [0.2, 0.25) is 0 Å². The van der Waals surface area contributed by atoms with E-state index in [0.717, 1.165) is 31.4 Å². The Morgan fingerprint density at radius 3 is 2.94 bits per heavy atom. The second-order valence-electron chi connectivity index (χ2n) is 7.60. The van der Waals surface area contributed by atoms with Crippen LogP contribution in [0.25, 0.3) is 22.8 Å². The number of nitrogens with two attached hydrogens (primary N) is 1. The number of hydrogen-bond acceptors (Lipinski definition) is 6. The largest absolute Gasteiger partial charge is 0.465 e. The first-order valence-electron chi connectivity index (χ1n) is 10.6. The van der Waals surface area contributed by atoms with Crippen LogP contribution in [0, 0.1) is 0 Å². The minimum Gasteiger partial charge on any atom is -0.465 e. The van der Waals surface area contributed by atoms with Crippen molar-refractivity contribution in [1.29, 1.82) is 0 Å². The van der Waals surface area contributed by atoms with Crippen LogP contribution in [-0.2, 0) is 19.5 Å². The summed E-state index contributed by atoms with van der Waals surface area (Å²) in [5.74, 6) is 1.53. The average Bonchev–Trinajstić information content (AvgIpc) is 3.36. The molecule has 31 heavy (non-hydrogen) atoms. The number of hydrogen-bond donors (Lipinski definition) is 1. The van der Waals surface area contributed by atoms with Gasteiger partial charge in [0, 0.05) is 18.9 Å². The highest BCUT2D eigenvalue weighted by molar-refractivity contribution is 5.84. The van der Waals surface area contributed by atoms with Crippen LogP contribution < -0.4 is 10.5 Å². The predicted molar refractivity (Wildman–Crippen MR) is 120 cm³/mol. The lowest BCUT2D eigenvalue weighted by Crippen LogP contribution is -2.08. The summed E-state index contributed by atoms with van der Waals surface area (Å²) in [6.07, 6.45) is 11.1. The molecule has 1 aliphatic rings. The summed E-state index contributed by atoms with van der Waals surface area (Å²) in [7, 11) is 0. The van der Waals surface area contributed by atoms with E-state index >= 15 is 0 Å². The molecule has 0 spiro atoms. The maximum Gasteiger partial charge on any atom is 0.299 e. The Balaban J connectivity index is 1.71. The zero-order chi connectivity index (χ0) is 21.2. The van der Waals surface area contributed by atoms with E-state index in [1.54, 1.807) is 6.20 Å². The van der Waals surface area contributed by atoms with Crippen LogP contribution >= 0.6 is 0 Å². The van der Waals surface area contributed by atoms with Gasteiger partial charge in [-0.2, -0.15) is 4.98 Å². The lowest BCUT2D eigenvalue weighted by atomic mass is 10.1. The number of aryl methyl sites for hydroxylation is 1. The first-order valence-corrected chi connectivity index (χ1v) is 10.6. The van der Waals surface area contributed by atoms with E-state index in [2.05, 4.69) is 55.9 Å². The molecule has 3 aromatic heterocycles. The van der Waals surface area contributed by atoms with Crippen molar-refractivity contribution in [2.45, 2.75) is 39.3 Å². The van der Waals surface area contributed by atoms with Crippen molar-refractivity contribution in [2.75, 3.05) is 12.3 Å². The zero-order valence-corrected chi connectivity index (χ0v) is 17.5. The van der Waals surface area contributed by atoms with Gasteiger partial charge in [0.15, 0.2) is 28.6 Å². The second kappa shape index (κ2) is 8.22. The average molecular weight is 416 g/mol. The highest BCUT2D eigenvalue weighted by Gasteiger charge is 2.20. The molecule has 0 saturated heterocycles. The van der Waals surface area contributed by atoms with E-state index in [0.29, 0.717) is 47.8 Å². The number of anilines is 1. The van der Waals surface area contributed by atoms with Gasteiger partial charge >= 0.3 is 0 Å². The van der Waals surface area contributed by atoms with Gasteiger partial charge in [0.25, 0.3) is 6.01 Å². The van der Waals surface area contributed by atoms with Gasteiger partial charge in [-0.05, 0) is 37.3 Å². The highest BCUT2D eigenvalue weighted by Crippen LogP contribution is 2.28. The number of rotatable bonds is 2. The number of aromatic nitrogens is 6. The number of nitrogen functional groups attached to an aromatic ring is 1. The van der Waals surface area contributed by atoms with E-state index in [1.165, 1.54) is 5.56 Å². The number of benzene rings is 1. The van der Waals surface area contributed by atoms with Crippen LogP contribution in [0.4, 0.5) is 5.82 Å². The minimum absolute atomic E-state index is 0.326. The third kappa shape index (κ3) is 3.76. The predicted octanol–water partition coefficient (Wildman–Crippen LogP) is 3.61. The van der Waals surface area contributed by atoms with Gasteiger partial charge < -0.3 is 15.0 Å².